The van der Waals surface area contributed by atoms with Crippen LogP contribution in [0.3, 0.4) is 0 Å². The molecule has 1 N–H and O–H groups in total. The predicted molar refractivity (Wildman–Crippen MR) is 226 cm³/mol. The van der Waals surface area contributed by atoms with Crippen LogP contribution in [0.2, 0.25) is 0 Å². The summed E-state index contributed by atoms with van der Waals surface area (Å²) in [6.07, 6.45) is 3.86. The van der Waals surface area contributed by atoms with Crippen LogP contribution in [0.25, 0.3) is 14.9 Å². The van der Waals surface area contributed by atoms with Gasteiger partial charge in [-0.25, -0.2) is 11.0 Å². The normalized spacial score (nSPS) is 22.8. The molecule has 3 aliphatic rings. The summed E-state index contributed by atoms with van der Waals surface area (Å²) >= 11 is 1.12. The molecule has 1 aromatic heterocycles. The van der Waals surface area contributed by atoms with E-state index < -0.39 is 67.9 Å². The van der Waals surface area contributed by atoms with Crippen molar-refractivity contribution in [2.24, 2.45) is 10.8 Å². The molecule has 3 aliphatic heterocycles. The Bertz CT molecular complexity index is 2180. The van der Waals surface area contributed by atoms with Crippen molar-refractivity contribution < 1.29 is 51.4 Å². The van der Waals surface area contributed by atoms with Crippen LogP contribution in [-0.4, -0.2) is 90.3 Å². The fourth-order valence-corrected chi connectivity index (χ4v) is 10.1. The third kappa shape index (κ3) is 10.5. The number of amides is 3. The number of halogens is 1. The van der Waals surface area contributed by atoms with Crippen LogP contribution in [0.5, 0.6) is 0 Å². The minimum absolute atomic E-state index is 0.121. The van der Waals surface area contributed by atoms with Gasteiger partial charge in [0, 0.05) is 17.3 Å². The summed E-state index contributed by atoms with van der Waals surface area (Å²) < 4.78 is 51.4. The van der Waals surface area contributed by atoms with Gasteiger partial charge in [-0.05, 0) is 102 Å². The van der Waals surface area contributed by atoms with Gasteiger partial charge in [0.05, 0.1) is 28.2 Å². The van der Waals surface area contributed by atoms with Crippen molar-refractivity contribution in [1.29, 1.82) is 0 Å². The molecule has 17 heteroatoms. The molecule has 14 nitrogen and oxygen atoms in total. The smallest absolute Gasteiger partial charge is 0.374 e. The Morgan fingerprint density at radius 1 is 0.902 bits per heavy atom. The van der Waals surface area contributed by atoms with E-state index in [1.807, 2.05) is 30.3 Å². The minimum atomic E-state index is -4.81. The van der Waals surface area contributed by atoms with E-state index in [1.54, 1.807) is 57.4 Å². The van der Waals surface area contributed by atoms with Crippen molar-refractivity contribution >= 4 is 58.7 Å². The van der Waals surface area contributed by atoms with E-state index in [0.717, 1.165) is 29.7 Å². The monoisotopic (exact) mass is 880 g/mol. The summed E-state index contributed by atoms with van der Waals surface area (Å²) in [7, 11) is -4.81. The zero-order valence-corrected chi connectivity index (χ0v) is 37.1. The first-order chi connectivity index (χ1) is 28.8. The molecule has 0 bridgehead atoms. The Kier molecular flexibility index (Phi) is 14.1. The fraction of sp³-hybridized carbons (Fsp3) is 0.545. The molecule has 2 aromatic carbocycles. The molecule has 0 unspecified atom stereocenters. The molecule has 3 aromatic rings. The van der Waals surface area contributed by atoms with E-state index in [2.05, 4.69) is 10.2 Å². The Morgan fingerprint density at radius 2 is 1.54 bits per heavy atom. The molecule has 3 amide bonds. The third-order valence-electron chi connectivity index (χ3n) is 11.3. The van der Waals surface area contributed by atoms with E-state index >= 15 is 4.39 Å². The SMILES string of the molecule is [C-]#[N+][C@@H]1CN(C(=O)[C@@H]2CC[C@@H]3CCCC[C@H](NC(=O)c4cc5cc([C@@H](F)P(=O)(OCOC(=O)C(C)(C)C)OCOC(=O)C(C)(C)C)ccc5s4)C(=O)N32)C[C@H]1c1ccccc1. The van der Waals surface area contributed by atoms with Crippen molar-refractivity contribution in [3.63, 3.8) is 0 Å². The van der Waals surface area contributed by atoms with Crippen LogP contribution in [-0.2, 0) is 42.3 Å². The first kappa shape index (κ1) is 45.8. The standard InChI is InChI=1S/C44H54FN4O10PS/c1-43(2,3)41(53)56-25-58-60(55,59-26-57-42(54)44(4,5)6)37(45)28-17-20-35-29(21-28)22-36(61-35)38(50)47-32-16-12-11-15-30-18-19-34(49(30)39(32)51)40(52)48-23-31(33(24-48)46-7)27-13-9-8-10-14-27/h8-10,13-14,17,20-22,30-34,37H,11-12,15-16,18-19,23-26H2,1-6H3,(H,47,50)/t30-,31-,32-,33+,34-,37-/m0/s1. The lowest BCUT2D eigenvalue weighted by molar-refractivity contribution is -0.162. The van der Waals surface area contributed by atoms with Gasteiger partial charge in [0.15, 0.2) is 0 Å². The second-order valence-corrected chi connectivity index (χ2v) is 21.0. The van der Waals surface area contributed by atoms with Crippen LogP contribution in [0.4, 0.5) is 4.39 Å². The summed E-state index contributed by atoms with van der Waals surface area (Å²) in [6, 6.07) is 13.5. The second kappa shape index (κ2) is 18.7. The van der Waals surface area contributed by atoms with Gasteiger partial charge in [-0.3, -0.25) is 37.6 Å². The molecule has 328 valence electrons. The molecular formula is C44H54FN4O10PS. The first-order valence-corrected chi connectivity index (χ1v) is 23.0. The van der Waals surface area contributed by atoms with Gasteiger partial charge in [-0.15, -0.1) is 11.3 Å². The van der Waals surface area contributed by atoms with E-state index in [9.17, 15) is 28.5 Å². The lowest BCUT2D eigenvalue weighted by Gasteiger charge is -2.36. The number of likely N-dealkylation sites (tertiary alicyclic amines) is 1. The number of carbonyl (C=O) groups excluding carboxylic acids is 5. The molecule has 0 radical (unpaired) electrons. The van der Waals surface area contributed by atoms with Crippen LogP contribution < -0.4 is 5.32 Å². The predicted octanol–water partition coefficient (Wildman–Crippen LogP) is 8.14. The Balaban J connectivity index is 1.16. The number of hydrogen-bond acceptors (Lipinski definition) is 11. The molecule has 3 fully saturated rings. The van der Waals surface area contributed by atoms with Crippen molar-refractivity contribution in [3.05, 3.63) is 82.0 Å². The van der Waals surface area contributed by atoms with E-state index in [1.165, 1.54) is 18.2 Å². The Labute approximate surface area is 359 Å². The third-order valence-corrected chi connectivity index (χ3v) is 14.2. The van der Waals surface area contributed by atoms with Gasteiger partial charge in [0.2, 0.25) is 37.4 Å². The first-order valence-electron chi connectivity index (χ1n) is 20.5. The second-order valence-electron chi connectivity index (χ2n) is 17.9. The quantitative estimate of drug-likeness (QED) is 0.0814. The lowest BCUT2D eigenvalue weighted by Crippen LogP contribution is -2.56. The van der Waals surface area contributed by atoms with Crippen molar-refractivity contribution in [2.75, 3.05) is 26.7 Å². The zero-order valence-electron chi connectivity index (χ0n) is 35.4. The maximum Gasteiger partial charge on any atom is 0.374 e. The van der Waals surface area contributed by atoms with E-state index in [-0.39, 0.29) is 40.3 Å². The number of fused-ring (bicyclic) bond motifs is 2. The highest BCUT2D eigenvalue weighted by molar-refractivity contribution is 7.54. The molecule has 6 rings (SSSR count). The number of benzene rings is 2. The number of ether oxygens (including phenoxy) is 2. The van der Waals surface area contributed by atoms with Gasteiger partial charge >= 0.3 is 19.5 Å². The fourth-order valence-electron chi connectivity index (χ4n) is 7.89. The summed E-state index contributed by atoms with van der Waals surface area (Å²) in [5.41, 5.74) is -0.978. The Hall–Kier alpha value is -4.68. The van der Waals surface area contributed by atoms with Gasteiger partial charge in [0.25, 0.3) is 5.91 Å². The largest absolute Gasteiger partial charge is 0.438 e. The van der Waals surface area contributed by atoms with Crippen LogP contribution >= 0.6 is 18.9 Å². The van der Waals surface area contributed by atoms with Gasteiger partial charge in [0.1, 0.15) is 12.1 Å². The lowest BCUT2D eigenvalue weighted by atomic mass is 9.95. The summed E-state index contributed by atoms with van der Waals surface area (Å²) in [6.45, 7) is 16.3. The molecule has 0 spiro atoms. The number of rotatable bonds is 12. The van der Waals surface area contributed by atoms with Crippen molar-refractivity contribution in [1.82, 2.24) is 15.1 Å². The summed E-state index contributed by atoms with van der Waals surface area (Å²) in [4.78, 5) is 74.5. The van der Waals surface area contributed by atoms with Gasteiger partial charge in [-0.1, -0.05) is 49.2 Å². The number of esters is 2. The topological polar surface area (TPSA) is 162 Å². The highest BCUT2D eigenvalue weighted by Gasteiger charge is 2.49. The average molecular weight is 881 g/mol. The number of hydrogen-bond donors (Lipinski definition) is 1. The highest BCUT2D eigenvalue weighted by atomic mass is 32.1. The molecule has 4 heterocycles. The maximum atomic E-state index is 16.3. The van der Waals surface area contributed by atoms with E-state index in [4.69, 9.17) is 25.1 Å². The van der Waals surface area contributed by atoms with Crippen molar-refractivity contribution in [3.8, 4) is 0 Å². The number of carbonyl (C=O) groups is 5. The summed E-state index contributed by atoms with van der Waals surface area (Å²) in [5.74, 6) is -4.91. The highest BCUT2D eigenvalue weighted by Crippen LogP contribution is 2.62. The Morgan fingerprint density at radius 3 is 2.16 bits per heavy atom. The van der Waals surface area contributed by atoms with Crippen LogP contribution in [0.1, 0.15) is 113 Å². The number of nitrogens with one attached hydrogen (secondary N) is 1. The number of nitrogens with zero attached hydrogens (tertiary/aromatic N) is 3. The molecular weight excluding hydrogens is 827 g/mol. The van der Waals surface area contributed by atoms with Gasteiger partial charge < -0.3 is 29.4 Å². The average Bonchev–Trinajstić information content (AvgIpc) is 3.97. The van der Waals surface area contributed by atoms with Gasteiger partial charge in [-0.2, -0.15) is 0 Å². The van der Waals surface area contributed by atoms with Crippen LogP contribution in [0, 0.1) is 17.4 Å². The molecule has 0 saturated carbocycles. The minimum Gasteiger partial charge on any atom is -0.438 e. The zero-order chi connectivity index (χ0) is 44.3. The molecule has 6 atom stereocenters. The molecule has 3 saturated heterocycles. The van der Waals surface area contributed by atoms with Crippen LogP contribution in [0.15, 0.2) is 54.6 Å². The van der Waals surface area contributed by atoms with Crippen molar-refractivity contribution in [2.45, 2.75) is 116 Å². The number of alkyl halides is 1. The maximum absolute atomic E-state index is 16.3. The molecule has 61 heavy (non-hydrogen) atoms. The summed E-state index contributed by atoms with van der Waals surface area (Å²) in [5, 5.41) is 3.36. The number of thiophene rings is 1. The van der Waals surface area contributed by atoms with E-state index in [0.29, 0.717) is 48.9 Å². The molecule has 0 aliphatic carbocycles.